The molecule has 3 fully saturated rings. The average Bonchev–Trinajstić information content (AvgIpc) is 3.35. The molecule has 7 N–H and O–H groups in total. The lowest BCUT2D eigenvalue weighted by molar-refractivity contribution is -0.163. The summed E-state index contributed by atoms with van der Waals surface area (Å²) in [6, 6.07) is -0.265. The normalized spacial score (nSPS) is 37.2. The van der Waals surface area contributed by atoms with Gasteiger partial charge in [-0.2, -0.15) is 0 Å². The van der Waals surface area contributed by atoms with E-state index >= 15 is 0 Å². The Bertz CT molecular complexity index is 702. The number of nitrogens with one attached hydrogen (secondary N) is 2. The van der Waals surface area contributed by atoms with E-state index in [1.807, 2.05) is 6.92 Å². The number of aliphatic hydroxyl groups excluding tert-OH is 2. The molecule has 30 heavy (non-hydrogen) atoms. The first-order valence-corrected chi connectivity index (χ1v) is 11.0. The summed E-state index contributed by atoms with van der Waals surface area (Å²) < 4.78 is 0. The number of hydrogen-bond donors (Lipinski definition) is 5. The van der Waals surface area contributed by atoms with Gasteiger partial charge in [-0.05, 0) is 26.3 Å². The summed E-state index contributed by atoms with van der Waals surface area (Å²) in [6.45, 7) is 6.00. The van der Waals surface area contributed by atoms with Gasteiger partial charge < -0.3 is 36.3 Å². The van der Waals surface area contributed by atoms with Gasteiger partial charge >= 0.3 is 5.97 Å². The zero-order valence-corrected chi connectivity index (χ0v) is 18.7. The van der Waals surface area contributed by atoms with E-state index in [0.29, 0.717) is 6.54 Å². The summed E-state index contributed by atoms with van der Waals surface area (Å²) in [5.41, 5.74) is 0.0772. The highest BCUT2D eigenvalue weighted by Gasteiger charge is 2.60. The number of carbonyl (C=O) groups is 2. The Hall–Kier alpha value is -0.880. The number of carbonyl (C=O) groups excluding carboxylic acids is 1. The van der Waals surface area contributed by atoms with Crippen molar-refractivity contribution in [1.82, 2.24) is 15.5 Å². The standard InChI is InChI=1S/C19H29N3O5S.ClH.H2O/c1-8-14-13(9(2)23)18(25)22(14)15(19(26)27)17(8)28-11-5-12(21-7-11)16(24)10-3-4-20-6-10;;/h8-14,16,20-21,23-24H,3-7H2,1-2H3,(H,26,27);1H;1H2/t8-,9-,10-,11+,12+,13-,14-,16-;;/m1../s1. The van der Waals surface area contributed by atoms with Crippen LogP contribution >= 0.6 is 24.2 Å². The Morgan fingerprint density at radius 3 is 2.57 bits per heavy atom. The van der Waals surface area contributed by atoms with Crippen molar-refractivity contribution in [1.29, 1.82) is 0 Å². The molecule has 172 valence electrons. The number of aliphatic hydroxyl groups is 2. The van der Waals surface area contributed by atoms with E-state index in [0.717, 1.165) is 30.8 Å². The van der Waals surface area contributed by atoms with E-state index in [1.54, 1.807) is 6.92 Å². The van der Waals surface area contributed by atoms with Crippen LogP contribution < -0.4 is 10.6 Å². The van der Waals surface area contributed by atoms with Gasteiger partial charge in [0, 0.05) is 41.1 Å². The fourth-order valence-corrected chi connectivity index (χ4v) is 6.73. The van der Waals surface area contributed by atoms with Crippen LogP contribution in [0, 0.1) is 17.8 Å². The van der Waals surface area contributed by atoms with E-state index < -0.39 is 24.1 Å². The second-order valence-electron chi connectivity index (χ2n) is 8.51. The Balaban J connectivity index is 0.00000160. The van der Waals surface area contributed by atoms with Crippen LogP contribution in [0.2, 0.25) is 0 Å². The summed E-state index contributed by atoms with van der Waals surface area (Å²) in [6.07, 6.45) is 0.547. The first-order chi connectivity index (χ1) is 13.3. The van der Waals surface area contributed by atoms with Crippen LogP contribution in [-0.2, 0) is 9.59 Å². The molecule has 0 aromatic carbocycles. The molecule has 4 aliphatic rings. The maximum atomic E-state index is 12.4. The number of halogens is 1. The van der Waals surface area contributed by atoms with Crippen molar-refractivity contribution < 1.29 is 30.4 Å². The van der Waals surface area contributed by atoms with Gasteiger partial charge in [0.05, 0.1) is 24.2 Å². The predicted octanol–water partition coefficient (Wildman–Crippen LogP) is -0.829. The smallest absolute Gasteiger partial charge is 0.353 e. The van der Waals surface area contributed by atoms with Gasteiger partial charge in [-0.1, -0.05) is 6.92 Å². The number of carboxylic acids is 1. The fourth-order valence-electron chi connectivity index (χ4n) is 5.24. The minimum Gasteiger partial charge on any atom is -0.477 e. The molecule has 0 aliphatic carbocycles. The maximum Gasteiger partial charge on any atom is 0.353 e. The van der Waals surface area contributed by atoms with Crippen LogP contribution in [0.25, 0.3) is 0 Å². The third-order valence-corrected chi connectivity index (χ3v) is 8.23. The van der Waals surface area contributed by atoms with Crippen LogP contribution in [0.5, 0.6) is 0 Å². The summed E-state index contributed by atoms with van der Waals surface area (Å²) in [5.74, 6) is -1.78. The number of aliphatic carboxylic acids is 1. The topological polar surface area (TPSA) is 154 Å². The number of fused-ring (bicyclic) bond motifs is 1. The maximum absolute atomic E-state index is 12.4. The summed E-state index contributed by atoms with van der Waals surface area (Å²) >= 11 is 1.52. The first kappa shape index (κ1) is 25.4. The third kappa shape index (κ3) is 4.11. The number of amides is 1. The monoisotopic (exact) mass is 465 g/mol. The van der Waals surface area contributed by atoms with Gasteiger partial charge in [-0.3, -0.25) is 4.79 Å². The van der Waals surface area contributed by atoms with Crippen molar-refractivity contribution in [2.24, 2.45) is 17.8 Å². The average molecular weight is 466 g/mol. The lowest BCUT2D eigenvalue weighted by atomic mass is 9.79. The molecule has 1 amide bonds. The van der Waals surface area contributed by atoms with Crippen molar-refractivity contribution in [3.05, 3.63) is 10.6 Å². The number of hydrogen-bond acceptors (Lipinski definition) is 7. The molecule has 0 aromatic rings. The SMILES string of the molecule is C[C@@H](O)[C@H]1C(=O)N2C(C(=O)O)=C(S[C@@H]3CN[C@H]([C@H](O)[C@@H]4CCNC4)C3)[C@H](C)[C@H]12.Cl.O. The van der Waals surface area contributed by atoms with Crippen molar-refractivity contribution in [2.45, 2.75) is 56.2 Å². The Labute approximate surface area is 186 Å². The molecule has 0 spiro atoms. The zero-order valence-electron chi connectivity index (χ0n) is 17.1. The molecule has 4 aliphatic heterocycles. The Morgan fingerprint density at radius 2 is 2.00 bits per heavy atom. The predicted molar refractivity (Wildman–Crippen MR) is 115 cm³/mol. The van der Waals surface area contributed by atoms with Crippen molar-refractivity contribution >= 4 is 36.0 Å². The van der Waals surface area contributed by atoms with Crippen LogP contribution in [0.1, 0.15) is 26.7 Å². The highest BCUT2D eigenvalue weighted by molar-refractivity contribution is 8.03. The Morgan fingerprint density at radius 1 is 1.30 bits per heavy atom. The molecule has 9 nitrogen and oxygen atoms in total. The van der Waals surface area contributed by atoms with Crippen molar-refractivity contribution in [3.8, 4) is 0 Å². The summed E-state index contributed by atoms with van der Waals surface area (Å²) in [4.78, 5) is 26.4. The van der Waals surface area contributed by atoms with Gasteiger partial charge in [0.25, 0.3) is 0 Å². The molecule has 0 bridgehead atoms. The molecular formula is C19H32ClN3O6S. The van der Waals surface area contributed by atoms with Gasteiger partial charge in [0.2, 0.25) is 5.91 Å². The highest BCUT2D eigenvalue weighted by Crippen LogP contribution is 2.51. The summed E-state index contributed by atoms with van der Waals surface area (Å²) in [5, 5.41) is 37.2. The molecule has 0 aromatic heterocycles. The number of nitrogens with zero attached hydrogens (tertiary/aromatic N) is 1. The second kappa shape index (κ2) is 9.72. The van der Waals surface area contributed by atoms with Gasteiger partial charge in [-0.15, -0.1) is 24.2 Å². The van der Waals surface area contributed by atoms with Gasteiger partial charge in [-0.25, -0.2) is 4.79 Å². The number of β-lactam (4-membered cyclic amide) rings is 1. The number of thioether (sulfide) groups is 1. The first-order valence-electron chi connectivity index (χ1n) is 10.1. The summed E-state index contributed by atoms with van der Waals surface area (Å²) in [7, 11) is 0. The number of carboxylic acid groups (broad SMARTS) is 1. The molecule has 3 saturated heterocycles. The molecule has 0 saturated carbocycles. The molecule has 4 rings (SSSR count). The van der Waals surface area contributed by atoms with Crippen LogP contribution in [0.3, 0.4) is 0 Å². The quantitative estimate of drug-likeness (QED) is 0.318. The molecule has 4 heterocycles. The molecule has 0 unspecified atom stereocenters. The molecule has 0 radical (unpaired) electrons. The minimum absolute atomic E-state index is 0. The van der Waals surface area contributed by atoms with Crippen molar-refractivity contribution in [2.75, 3.05) is 19.6 Å². The van der Waals surface area contributed by atoms with E-state index in [9.17, 15) is 24.9 Å². The van der Waals surface area contributed by atoms with E-state index in [4.69, 9.17) is 0 Å². The third-order valence-electron chi connectivity index (χ3n) is 6.72. The van der Waals surface area contributed by atoms with Crippen LogP contribution in [0.4, 0.5) is 0 Å². The van der Waals surface area contributed by atoms with E-state index in [2.05, 4.69) is 10.6 Å². The highest BCUT2D eigenvalue weighted by atomic mass is 35.5. The van der Waals surface area contributed by atoms with Gasteiger partial charge in [0.15, 0.2) is 0 Å². The van der Waals surface area contributed by atoms with Gasteiger partial charge in [0.1, 0.15) is 5.70 Å². The van der Waals surface area contributed by atoms with Crippen LogP contribution in [0.15, 0.2) is 10.6 Å². The lowest BCUT2D eigenvalue weighted by Crippen LogP contribution is -2.63. The van der Waals surface area contributed by atoms with E-state index in [1.165, 1.54) is 16.7 Å². The second-order valence-corrected chi connectivity index (χ2v) is 9.85. The number of rotatable bonds is 6. The van der Waals surface area contributed by atoms with Crippen molar-refractivity contribution in [3.63, 3.8) is 0 Å². The largest absolute Gasteiger partial charge is 0.477 e. The Kier molecular flexibility index (Phi) is 8.23. The molecular weight excluding hydrogens is 434 g/mol. The molecule has 8 atom stereocenters. The van der Waals surface area contributed by atoms with E-state index in [-0.39, 0.29) is 58.7 Å². The van der Waals surface area contributed by atoms with Crippen LogP contribution in [-0.4, -0.2) is 86.7 Å². The fraction of sp³-hybridized carbons (Fsp3) is 0.789. The molecule has 11 heteroatoms. The zero-order chi connectivity index (χ0) is 20.2. The lowest BCUT2D eigenvalue weighted by Gasteiger charge is -2.46. The minimum atomic E-state index is -1.09.